The predicted octanol–water partition coefficient (Wildman–Crippen LogP) is 3.74. The zero-order chi connectivity index (χ0) is 22.8. The molecule has 2 heterocycles. The first-order valence-electron chi connectivity index (χ1n) is 10.9. The molecule has 170 valence electrons. The highest BCUT2D eigenvalue weighted by atomic mass is 16.5. The van der Waals surface area contributed by atoms with Crippen LogP contribution in [0.2, 0.25) is 0 Å². The molecule has 2 unspecified atom stereocenters. The lowest BCUT2D eigenvalue weighted by Gasteiger charge is -2.28. The molecule has 0 aliphatic carbocycles. The number of hydrogen-bond donors (Lipinski definition) is 0. The Hall–Kier alpha value is -3.22. The van der Waals surface area contributed by atoms with Gasteiger partial charge in [-0.25, -0.2) is 0 Å². The quantitative estimate of drug-likeness (QED) is 0.687. The van der Waals surface area contributed by atoms with Gasteiger partial charge in [-0.05, 0) is 25.3 Å². The number of likely N-dealkylation sites (tertiary alicyclic amines) is 1. The smallest absolute Gasteiger partial charge is 0.228 e. The van der Waals surface area contributed by atoms with Gasteiger partial charge in [0.15, 0.2) is 11.5 Å². The van der Waals surface area contributed by atoms with Gasteiger partial charge in [0.1, 0.15) is 0 Å². The van der Waals surface area contributed by atoms with E-state index in [1.54, 1.807) is 17.0 Å². The van der Waals surface area contributed by atoms with Crippen molar-refractivity contribution in [3.63, 3.8) is 0 Å². The van der Waals surface area contributed by atoms with Crippen molar-refractivity contribution in [2.24, 2.45) is 5.92 Å². The number of amides is 2. The molecule has 7 heteroatoms. The molecule has 0 bridgehead atoms. The maximum Gasteiger partial charge on any atom is 0.228 e. The van der Waals surface area contributed by atoms with Crippen LogP contribution in [0.25, 0.3) is 0 Å². The van der Waals surface area contributed by atoms with Crippen LogP contribution in [-0.4, -0.2) is 51.1 Å². The normalized spacial score (nSPS) is 20.6. The molecule has 2 fully saturated rings. The first-order chi connectivity index (χ1) is 15.5. The molecule has 32 heavy (non-hydrogen) atoms. The van der Waals surface area contributed by atoms with Gasteiger partial charge >= 0.3 is 0 Å². The summed E-state index contributed by atoms with van der Waals surface area (Å²) in [6, 6.07) is 12.0. The number of nitrogens with zero attached hydrogens (tertiary/aromatic N) is 2. The fraction of sp³-hybridized carbons (Fsp3) is 0.440. The number of methoxy groups -OCH3 is 3. The molecular weight excluding hydrogens is 408 g/mol. The summed E-state index contributed by atoms with van der Waals surface area (Å²) in [6.45, 7) is 3.13. The van der Waals surface area contributed by atoms with Gasteiger partial charge in [0.25, 0.3) is 0 Å². The number of rotatable bonds is 6. The van der Waals surface area contributed by atoms with Crippen LogP contribution < -0.4 is 19.1 Å². The van der Waals surface area contributed by atoms with E-state index in [9.17, 15) is 9.59 Å². The Morgan fingerprint density at radius 3 is 2.25 bits per heavy atom. The van der Waals surface area contributed by atoms with E-state index in [0.717, 1.165) is 24.9 Å². The van der Waals surface area contributed by atoms with Crippen molar-refractivity contribution in [1.29, 1.82) is 0 Å². The third-order valence-corrected chi connectivity index (χ3v) is 6.43. The van der Waals surface area contributed by atoms with Crippen molar-refractivity contribution in [3.05, 3.63) is 47.5 Å². The van der Waals surface area contributed by atoms with Gasteiger partial charge in [-0.3, -0.25) is 9.59 Å². The Balaban J connectivity index is 1.55. The number of carbonyl (C=O) groups is 2. The van der Waals surface area contributed by atoms with E-state index in [2.05, 4.69) is 31.2 Å². The fourth-order valence-corrected chi connectivity index (χ4v) is 4.75. The lowest BCUT2D eigenvalue weighted by Crippen LogP contribution is -2.37. The molecule has 0 N–H and O–H groups in total. The standard InChI is InChI=1S/C25H30N2O5/c1-16-7-9-17(10-8-16)20-6-5-11-26(20)25(29)18-12-23(28)27(15-18)19-13-21(30-2)24(32-4)22(14-19)31-3/h7-10,13-14,18,20H,5-6,11-12,15H2,1-4H3. The molecule has 7 nitrogen and oxygen atoms in total. The minimum absolute atomic E-state index is 0.0522. The molecule has 2 atom stereocenters. The van der Waals surface area contributed by atoms with Gasteiger partial charge in [0.2, 0.25) is 17.6 Å². The third-order valence-electron chi connectivity index (χ3n) is 6.43. The number of benzene rings is 2. The van der Waals surface area contributed by atoms with Crippen LogP contribution in [0.5, 0.6) is 17.2 Å². The Bertz CT molecular complexity index is 979. The largest absolute Gasteiger partial charge is 0.493 e. The van der Waals surface area contributed by atoms with Gasteiger partial charge < -0.3 is 24.0 Å². The first-order valence-corrected chi connectivity index (χ1v) is 10.9. The molecule has 0 aromatic heterocycles. The zero-order valence-corrected chi connectivity index (χ0v) is 19.1. The number of ether oxygens (including phenoxy) is 3. The highest BCUT2D eigenvalue weighted by Crippen LogP contribution is 2.42. The Kier molecular flexibility index (Phi) is 6.26. The summed E-state index contributed by atoms with van der Waals surface area (Å²) in [5.41, 5.74) is 3.00. The molecule has 2 saturated heterocycles. The summed E-state index contributed by atoms with van der Waals surface area (Å²) in [7, 11) is 4.62. The van der Waals surface area contributed by atoms with Crippen LogP contribution in [-0.2, 0) is 9.59 Å². The second-order valence-corrected chi connectivity index (χ2v) is 8.39. The first kappa shape index (κ1) is 22.0. The Morgan fingerprint density at radius 1 is 1.00 bits per heavy atom. The lowest BCUT2D eigenvalue weighted by molar-refractivity contribution is -0.136. The van der Waals surface area contributed by atoms with E-state index in [1.807, 2.05) is 4.90 Å². The highest BCUT2D eigenvalue weighted by molar-refractivity contribution is 6.01. The van der Waals surface area contributed by atoms with Gasteiger partial charge in [0, 0.05) is 31.6 Å². The van der Waals surface area contributed by atoms with E-state index in [-0.39, 0.29) is 30.2 Å². The number of aryl methyl sites for hydroxylation is 1. The monoisotopic (exact) mass is 438 g/mol. The van der Waals surface area contributed by atoms with E-state index in [1.165, 1.54) is 26.9 Å². The van der Waals surface area contributed by atoms with Crippen LogP contribution in [0.4, 0.5) is 5.69 Å². The highest BCUT2D eigenvalue weighted by Gasteiger charge is 2.41. The van der Waals surface area contributed by atoms with E-state index in [0.29, 0.717) is 29.5 Å². The summed E-state index contributed by atoms with van der Waals surface area (Å²) >= 11 is 0. The second kappa shape index (κ2) is 9.10. The SMILES string of the molecule is COc1cc(N2CC(C(=O)N3CCCC3c3ccc(C)cc3)CC2=O)cc(OC)c1OC. The van der Waals surface area contributed by atoms with Crippen LogP contribution in [0.1, 0.15) is 36.4 Å². The molecule has 2 aromatic rings. The topological polar surface area (TPSA) is 68.3 Å². The molecule has 0 radical (unpaired) electrons. The number of anilines is 1. The minimum Gasteiger partial charge on any atom is -0.493 e. The van der Waals surface area contributed by atoms with Crippen molar-refractivity contribution >= 4 is 17.5 Å². The number of carbonyl (C=O) groups excluding carboxylic acids is 2. The zero-order valence-electron chi connectivity index (χ0n) is 19.1. The summed E-state index contributed by atoms with van der Waals surface area (Å²) in [5, 5.41) is 0. The van der Waals surface area contributed by atoms with Gasteiger partial charge in [-0.15, -0.1) is 0 Å². The maximum atomic E-state index is 13.4. The summed E-state index contributed by atoms with van der Waals surface area (Å²) in [5.74, 6) is 1.02. The summed E-state index contributed by atoms with van der Waals surface area (Å²) in [6.07, 6.45) is 2.13. The summed E-state index contributed by atoms with van der Waals surface area (Å²) < 4.78 is 16.2. The van der Waals surface area contributed by atoms with Crippen LogP contribution in [0, 0.1) is 12.8 Å². The van der Waals surface area contributed by atoms with Crippen molar-refractivity contribution in [1.82, 2.24) is 4.90 Å². The average Bonchev–Trinajstić information content (AvgIpc) is 3.45. The van der Waals surface area contributed by atoms with Crippen LogP contribution in [0.15, 0.2) is 36.4 Å². The third kappa shape index (κ3) is 3.99. The average molecular weight is 439 g/mol. The van der Waals surface area contributed by atoms with Crippen molar-refractivity contribution in [2.45, 2.75) is 32.2 Å². The van der Waals surface area contributed by atoms with Gasteiger partial charge in [0.05, 0.1) is 39.0 Å². The van der Waals surface area contributed by atoms with Crippen molar-refractivity contribution in [3.8, 4) is 17.2 Å². The molecule has 2 aliphatic rings. The van der Waals surface area contributed by atoms with E-state index >= 15 is 0 Å². The summed E-state index contributed by atoms with van der Waals surface area (Å²) in [4.78, 5) is 29.9. The van der Waals surface area contributed by atoms with Crippen molar-refractivity contribution < 1.29 is 23.8 Å². The minimum atomic E-state index is -0.368. The molecule has 2 aromatic carbocycles. The fourth-order valence-electron chi connectivity index (χ4n) is 4.75. The van der Waals surface area contributed by atoms with Gasteiger partial charge in [-0.1, -0.05) is 29.8 Å². The number of hydrogen-bond acceptors (Lipinski definition) is 5. The molecular formula is C25H30N2O5. The Morgan fingerprint density at radius 2 is 1.66 bits per heavy atom. The molecule has 0 saturated carbocycles. The molecule has 4 rings (SSSR count). The predicted molar refractivity (Wildman–Crippen MR) is 121 cm³/mol. The van der Waals surface area contributed by atoms with Crippen molar-refractivity contribution in [2.75, 3.05) is 39.3 Å². The second-order valence-electron chi connectivity index (χ2n) is 8.39. The molecule has 2 aliphatic heterocycles. The van der Waals surface area contributed by atoms with E-state index in [4.69, 9.17) is 14.2 Å². The molecule has 2 amide bonds. The Labute approximate surface area is 188 Å². The van der Waals surface area contributed by atoms with Crippen LogP contribution in [0.3, 0.4) is 0 Å². The molecule has 0 spiro atoms. The van der Waals surface area contributed by atoms with E-state index < -0.39 is 0 Å². The maximum absolute atomic E-state index is 13.4. The van der Waals surface area contributed by atoms with Gasteiger partial charge in [-0.2, -0.15) is 0 Å². The lowest BCUT2D eigenvalue weighted by atomic mass is 10.0. The van der Waals surface area contributed by atoms with Crippen LogP contribution >= 0.6 is 0 Å².